The van der Waals surface area contributed by atoms with E-state index in [9.17, 15) is 4.79 Å². The van der Waals surface area contributed by atoms with Crippen LogP contribution in [0.5, 0.6) is 11.5 Å². The first-order valence-corrected chi connectivity index (χ1v) is 10.6. The van der Waals surface area contributed by atoms with Gasteiger partial charge in [-0.25, -0.2) is 0 Å². The van der Waals surface area contributed by atoms with Crippen molar-refractivity contribution in [1.29, 1.82) is 0 Å². The summed E-state index contributed by atoms with van der Waals surface area (Å²) in [5, 5.41) is 3.25. The fourth-order valence-corrected chi connectivity index (χ4v) is 4.74. The van der Waals surface area contributed by atoms with E-state index in [1.165, 1.54) is 16.0 Å². The zero-order valence-electron chi connectivity index (χ0n) is 15.6. The zero-order valence-corrected chi connectivity index (χ0v) is 16.4. The molecule has 28 heavy (non-hydrogen) atoms. The maximum Gasteiger partial charge on any atom is 0.231 e. The van der Waals surface area contributed by atoms with E-state index in [1.54, 1.807) is 11.3 Å². The van der Waals surface area contributed by atoms with Gasteiger partial charge in [-0.15, -0.1) is 11.3 Å². The van der Waals surface area contributed by atoms with Crippen molar-refractivity contribution in [2.75, 3.05) is 19.9 Å². The Bertz CT molecular complexity index is 1040. The van der Waals surface area contributed by atoms with Gasteiger partial charge in [0.05, 0.1) is 0 Å². The first-order valence-electron chi connectivity index (χ1n) is 9.68. The topological polar surface area (TPSA) is 54.6 Å². The normalized spacial score (nSPS) is 15.9. The molecule has 0 saturated heterocycles. The van der Waals surface area contributed by atoms with Crippen molar-refractivity contribution in [3.63, 3.8) is 0 Å². The lowest BCUT2D eigenvalue weighted by Crippen LogP contribution is -2.34. The highest BCUT2D eigenvalue weighted by Crippen LogP contribution is 2.37. The largest absolute Gasteiger partial charge is 0.454 e. The first kappa shape index (κ1) is 17.4. The van der Waals surface area contributed by atoms with Gasteiger partial charge < -0.3 is 19.4 Å². The Hall–Kier alpha value is -2.73. The van der Waals surface area contributed by atoms with Crippen molar-refractivity contribution < 1.29 is 14.3 Å². The number of amides is 1. The number of aromatic nitrogens is 1. The lowest BCUT2D eigenvalue weighted by Gasteiger charge is -2.26. The minimum Gasteiger partial charge on any atom is -0.454 e. The highest BCUT2D eigenvalue weighted by molar-refractivity contribution is 7.11. The number of hydrogen-bond acceptors (Lipinski definition) is 4. The number of nitrogens with zero attached hydrogens (tertiary/aromatic N) is 1. The lowest BCUT2D eigenvalue weighted by molar-refractivity contribution is -0.130. The number of hydrogen-bond donors (Lipinski definition) is 1. The molecule has 5 rings (SSSR count). The molecule has 0 unspecified atom stereocenters. The molecular formula is C22H22N2O3S. The number of carbonyl (C=O) groups is 1. The molecule has 1 amide bonds. The zero-order chi connectivity index (χ0) is 18.9. The smallest absolute Gasteiger partial charge is 0.231 e. The minimum absolute atomic E-state index is 0.249. The van der Waals surface area contributed by atoms with Crippen LogP contribution < -0.4 is 9.47 Å². The second-order valence-electron chi connectivity index (χ2n) is 7.21. The molecule has 3 aromatic rings. The second-order valence-corrected chi connectivity index (χ2v) is 8.16. The van der Waals surface area contributed by atoms with E-state index in [0.717, 1.165) is 54.8 Å². The monoisotopic (exact) mass is 394 g/mol. The summed E-state index contributed by atoms with van der Waals surface area (Å²) in [5.41, 5.74) is 3.64. The molecule has 1 aromatic carbocycles. The van der Waals surface area contributed by atoms with Crippen LogP contribution in [0.15, 0.2) is 41.9 Å². The van der Waals surface area contributed by atoms with E-state index >= 15 is 0 Å². The van der Waals surface area contributed by atoms with E-state index in [-0.39, 0.29) is 12.7 Å². The van der Waals surface area contributed by atoms with Crippen LogP contribution in [0.25, 0.3) is 16.5 Å². The number of aromatic amines is 1. The molecule has 2 aliphatic rings. The van der Waals surface area contributed by atoms with Gasteiger partial charge in [0.25, 0.3) is 0 Å². The van der Waals surface area contributed by atoms with Crippen LogP contribution in [0.3, 0.4) is 0 Å². The molecule has 6 heteroatoms. The van der Waals surface area contributed by atoms with Gasteiger partial charge in [-0.1, -0.05) is 12.1 Å². The van der Waals surface area contributed by atoms with Gasteiger partial charge in [0, 0.05) is 47.6 Å². The van der Waals surface area contributed by atoms with Crippen LogP contribution in [0.2, 0.25) is 0 Å². The van der Waals surface area contributed by atoms with Crippen molar-refractivity contribution in [2.45, 2.75) is 25.7 Å². The van der Waals surface area contributed by atoms with Gasteiger partial charge in [0.2, 0.25) is 12.7 Å². The van der Waals surface area contributed by atoms with Crippen molar-refractivity contribution in [2.24, 2.45) is 0 Å². The van der Waals surface area contributed by atoms with Crippen molar-refractivity contribution in [1.82, 2.24) is 9.88 Å². The van der Waals surface area contributed by atoms with E-state index in [0.29, 0.717) is 6.42 Å². The van der Waals surface area contributed by atoms with Crippen LogP contribution in [0.4, 0.5) is 0 Å². The number of benzene rings is 1. The van der Waals surface area contributed by atoms with Gasteiger partial charge in [-0.3, -0.25) is 4.79 Å². The van der Waals surface area contributed by atoms with Crippen LogP contribution >= 0.6 is 11.3 Å². The number of thiophene rings is 1. The highest BCUT2D eigenvalue weighted by atomic mass is 32.1. The molecule has 0 radical (unpaired) electrons. The highest BCUT2D eigenvalue weighted by Gasteiger charge is 2.19. The van der Waals surface area contributed by atoms with Crippen LogP contribution in [0.1, 0.15) is 29.7 Å². The predicted octanol–water partition coefficient (Wildman–Crippen LogP) is 4.60. The summed E-state index contributed by atoms with van der Waals surface area (Å²) in [6.07, 6.45) is 7.48. The minimum atomic E-state index is 0.249. The van der Waals surface area contributed by atoms with E-state index in [1.807, 2.05) is 23.2 Å². The molecule has 2 aromatic heterocycles. The van der Waals surface area contributed by atoms with E-state index in [4.69, 9.17) is 9.47 Å². The van der Waals surface area contributed by atoms with E-state index in [2.05, 4.69) is 28.6 Å². The first-order chi connectivity index (χ1) is 13.8. The van der Waals surface area contributed by atoms with Gasteiger partial charge >= 0.3 is 0 Å². The number of nitrogens with one attached hydrogen (secondary N) is 1. The average Bonchev–Trinajstić information content (AvgIpc) is 3.47. The number of carbonyl (C=O) groups excluding carboxylic acids is 1. The standard InChI is InChI=1S/C22H22N2O3S/c25-22(24-8-6-15(7-9-24)21-4-2-10-28-21)5-1-3-16-13-23-18-12-20-19(11-17(16)18)26-14-27-20/h2,4,6,10-13,23H,1,3,5,7-9,14H2. The molecule has 0 atom stereocenters. The Balaban J connectivity index is 1.17. The molecule has 4 heterocycles. The van der Waals surface area contributed by atoms with Gasteiger partial charge in [-0.05, 0) is 47.9 Å². The summed E-state index contributed by atoms with van der Waals surface area (Å²) < 4.78 is 10.9. The number of ether oxygens (including phenoxy) is 2. The molecule has 0 spiro atoms. The number of aryl methyl sites for hydroxylation is 1. The molecule has 0 aliphatic carbocycles. The van der Waals surface area contributed by atoms with E-state index < -0.39 is 0 Å². The Morgan fingerprint density at radius 1 is 1.25 bits per heavy atom. The van der Waals surface area contributed by atoms with Crippen LogP contribution in [-0.2, 0) is 11.2 Å². The summed E-state index contributed by atoms with van der Waals surface area (Å²) in [4.78, 5) is 19.2. The number of H-pyrrole nitrogens is 1. The molecule has 1 N–H and O–H groups in total. The lowest BCUT2D eigenvalue weighted by atomic mass is 10.0. The Morgan fingerprint density at radius 2 is 2.14 bits per heavy atom. The molecule has 144 valence electrons. The maximum atomic E-state index is 12.6. The summed E-state index contributed by atoms with van der Waals surface area (Å²) in [6, 6.07) is 8.25. The molecule has 0 bridgehead atoms. The van der Waals surface area contributed by atoms with Gasteiger partial charge in [0.1, 0.15) is 0 Å². The second kappa shape index (κ2) is 7.36. The van der Waals surface area contributed by atoms with Crippen molar-refractivity contribution >= 4 is 33.7 Å². The van der Waals surface area contributed by atoms with Crippen molar-refractivity contribution in [3.8, 4) is 11.5 Å². The molecule has 0 saturated carbocycles. The molecule has 2 aliphatic heterocycles. The summed E-state index contributed by atoms with van der Waals surface area (Å²) in [5.74, 6) is 1.83. The van der Waals surface area contributed by atoms with Gasteiger partial charge in [0.15, 0.2) is 11.5 Å². The van der Waals surface area contributed by atoms with Crippen LogP contribution in [0, 0.1) is 0 Å². The third-order valence-electron chi connectivity index (χ3n) is 5.50. The summed E-state index contributed by atoms with van der Waals surface area (Å²) in [6.45, 7) is 1.83. The SMILES string of the molecule is O=C(CCCc1c[nH]c2cc3c(cc12)OCO3)N1CC=C(c2cccs2)CC1. The quantitative estimate of drug-likeness (QED) is 0.688. The molecular weight excluding hydrogens is 372 g/mol. The predicted molar refractivity (Wildman–Crippen MR) is 111 cm³/mol. The Kier molecular flexibility index (Phi) is 4.56. The fraction of sp³-hybridized carbons (Fsp3) is 0.318. The summed E-state index contributed by atoms with van der Waals surface area (Å²) >= 11 is 1.77. The van der Waals surface area contributed by atoms with Crippen LogP contribution in [-0.4, -0.2) is 35.7 Å². The fourth-order valence-electron chi connectivity index (χ4n) is 3.95. The molecule has 5 nitrogen and oxygen atoms in total. The Morgan fingerprint density at radius 3 is 2.93 bits per heavy atom. The van der Waals surface area contributed by atoms with Crippen molar-refractivity contribution in [3.05, 3.63) is 52.4 Å². The number of rotatable bonds is 5. The summed E-state index contributed by atoms with van der Waals surface area (Å²) in [7, 11) is 0. The third kappa shape index (κ3) is 3.29. The van der Waals surface area contributed by atoms with Gasteiger partial charge in [-0.2, -0.15) is 0 Å². The third-order valence-corrected chi connectivity index (χ3v) is 6.44. The number of fused-ring (bicyclic) bond motifs is 2. The Labute approximate surface area is 167 Å². The maximum absolute atomic E-state index is 12.6. The average molecular weight is 394 g/mol. The molecule has 0 fully saturated rings.